The zero-order valence-corrected chi connectivity index (χ0v) is 13.6. The van der Waals surface area contributed by atoms with Crippen molar-refractivity contribution in [3.63, 3.8) is 0 Å². The molecule has 0 unspecified atom stereocenters. The second kappa shape index (κ2) is 5.93. The van der Waals surface area contributed by atoms with Crippen molar-refractivity contribution in [1.29, 1.82) is 0 Å². The van der Waals surface area contributed by atoms with E-state index in [4.69, 9.17) is 4.74 Å². The fraction of sp³-hybridized carbons (Fsp3) is 0.176. The zero-order valence-electron chi connectivity index (χ0n) is 12.0. The summed E-state index contributed by atoms with van der Waals surface area (Å²) in [7, 11) is 0. The second-order valence-electron chi connectivity index (χ2n) is 5.11. The highest BCUT2D eigenvalue weighted by Gasteiger charge is 2.35. The molecule has 0 spiro atoms. The quantitative estimate of drug-likeness (QED) is 0.786. The van der Waals surface area contributed by atoms with E-state index in [0.717, 1.165) is 15.8 Å². The van der Waals surface area contributed by atoms with E-state index in [1.54, 1.807) is 6.07 Å². The van der Waals surface area contributed by atoms with Gasteiger partial charge in [0.25, 0.3) is 11.7 Å². The third-order valence-electron chi connectivity index (χ3n) is 3.52. The lowest BCUT2D eigenvalue weighted by Crippen LogP contribution is -2.33. The smallest absolute Gasteiger partial charge is 0.299 e. The first kappa shape index (κ1) is 14.8. The number of carbonyl (C=O) groups excluding carboxylic acids is 2. The van der Waals surface area contributed by atoms with Crippen molar-refractivity contribution in [2.75, 3.05) is 18.1 Å². The van der Waals surface area contributed by atoms with Crippen LogP contribution in [-0.2, 0) is 4.79 Å². The normalized spacial score (nSPS) is 13.5. The molecule has 0 bridgehead atoms. The fourth-order valence-corrected chi connectivity index (χ4v) is 2.69. The highest BCUT2D eigenvalue weighted by molar-refractivity contribution is 9.10. The van der Waals surface area contributed by atoms with E-state index in [1.807, 2.05) is 43.3 Å². The molecule has 22 heavy (non-hydrogen) atoms. The standard InChI is InChI=1S/C17H14BrNO3/c1-11-2-7-15-14(10-11)16(20)17(21)19(15)8-9-22-13-5-3-12(18)4-6-13/h2-7,10H,8-9H2,1H3. The number of rotatable bonds is 4. The molecule has 1 amide bonds. The van der Waals surface area contributed by atoms with E-state index in [2.05, 4.69) is 15.9 Å². The molecule has 0 radical (unpaired) electrons. The summed E-state index contributed by atoms with van der Waals surface area (Å²) in [5, 5.41) is 0. The molecule has 1 heterocycles. The Kier molecular flexibility index (Phi) is 3.98. The van der Waals surface area contributed by atoms with Gasteiger partial charge in [0.2, 0.25) is 0 Å². The van der Waals surface area contributed by atoms with Crippen molar-refractivity contribution in [3.05, 3.63) is 58.1 Å². The average molecular weight is 360 g/mol. The Bertz CT molecular complexity index is 740. The first-order valence-corrected chi connectivity index (χ1v) is 7.71. The van der Waals surface area contributed by atoms with Crippen LogP contribution in [0.3, 0.4) is 0 Å². The number of carbonyl (C=O) groups is 2. The zero-order chi connectivity index (χ0) is 15.7. The summed E-state index contributed by atoms with van der Waals surface area (Å²) < 4.78 is 6.60. The van der Waals surface area contributed by atoms with Gasteiger partial charge in [-0.15, -0.1) is 0 Å². The predicted molar refractivity (Wildman–Crippen MR) is 87.5 cm³/mol. The van der Waals surface area contributed by atoms with Crippen molar-refractivity contribution in [1.82, 2.24) is 0 Å². The van der Waals surface area contributed by atoms with Crippen molar-refractivity contribution in [2.45, 2.75) is 6.92 Å². The molecular weight excluding hydrogens is 346 g/mol. The molecule has 3 rings (SSSR count). The number of Topliss-reactive ketones (excluding diaryl/α,β-unsaturated/α-hetero) is 1. The first-order valence-electron chi connectivity index (χ1n) is 6.91. The molecule has 0 atom stereocenters. The van der Waals surface area contributed by atoms with Gasteiger partial charge < -0.3 is 9.64 Å². The van der Waals surface area contributed by atoms with Gasteiger partial charge in [-0.2, -0.15) is 0 Å². The summed E-state index contributed by atoms with van der Waals surface area (Å²) >= 11 is 3.36. The number of fused-ring (bicyclic) bond motifs is 1. The summed E-state index contributed by atoms with van der Waals surface area (Å²) in [5.74, 6) is -0.201. The molecule has 0 aliphatic carbocycles. The van der Waals surface area contributed by atoms with Crippen LogP contribution in [0.1, 0.15) is 15.9 Å². The number of halogens is 1. The Morgan fingerprint density at radius 3 is 2.55 bits per heavy atom. The van der Waals surface area contributed by atoms with Crippen LogP contribution in [-0.4, -0.2) is 24.8 Å². The van der Waals surface area contributed by atoms with Crippen LogP contribution in [0.5, 0.6) is 5.75 Å². The van der Waals surface area contributed by atoms with Gasteiger partial charge in [-0.1, -0.05) is 27.6 Å². The number of aryl methyl sites for hydroxylation is 1. The number of hydrogen-bond donors (Lipinski definition) is 0. The largest absolute Gasteiger partial charge is 0.492 e. The van der Waals surface area contributed by atoms with Gasteiger partial charge in [-0.05, 0) is 43.3 Å². The van der Waals surface area contributed by atoms with Crippen LogP contribution < -0.4 is 9.64 Å². The molecular formula is C17H14BrNO3. The van der Waals surface area contributed by atoms with Gasteiger partial charge in [-0.25, -0.2) is 0 Å². The highest BCUT2D eigenvalue weighted by atomic mass is 79.9. The third-order valence-corrected chi connectivity index (χ3v) is 4.05. The predicted octanol–water partition coefficient (Wildman–Crippen LogP) is 3.37. The molecule has 0 fully saturated rings. The molecule has 1 aliphatic rings. The topological polar surface area (TPSA) is 46.6 Å². The third kappa shape index (κ3) is 2.76. The second-order valence-corrected chi connectivity index (χ2v) is 6.02. The molecule has 2 aromatic rings. The number of anilines is 1. The number of amides is 1. The van der Waals surface area contributed by atoms with Gasteiger partial charge >= 0.3 is 0 Å². The van der Waals surface area contributed by atoms with Gasteiger partial charge in [-0.3, -0.25) is 9.59 Å². The Hall–Kier alpha value is -2.14. The first-order chi connectivity index (χ1) is 10.6. The van der Waals surface area contributed by atoms with Gasteiger partial charge in [0.1, 0.15) is 12.4 Å². The minimum atomic E-state index is -0.486. The van der Waals surface area contributed by atoms with Crippen molar-refractivity contribution in [2.24, 2.45) is 0 Å². The molecule has 1 aliphatic heterocycles. The van der Waals surface area contributed by atoms with E-state index >= 15 is 0 Å². The maximum absolute atomic E-state index is 12.1. The van der Waals surface area contributed by atoms with E-state index in [0.29, 0.717) is 24.4 Å². The summed E-state index contributed by atoms with van der Waals surface area (Å²) in [4.78, 5) is 25.5. The lowest BCUT2D eigenvalue weighted by Gasteiger charge is -2.17. The van der Waals surface area contributed by atoms with Gasteiger partial charge in [0.05, 0.1) is 17.8 Å². The van der Waals surface area contributed by atoms with E-state index in [9.17, 15) is 9.59 Å². The summed E-state index contributed by atoms with van der Waals surface area (Å²) in [5.41, 5.74) is 2.11. The molecule has 0 saturated heterocycles. The molecule has 112 valence electrons. The molecule has 4 nitrogen and oxygen atoms in total. The van der Waals surface area contributed by atoms with Crippen LogP contribution in [0.2, 0.25) is 0 Å². The lowest BCUT2D eigenvalue weighted by molar-refractivity contribution is -0.114. The van der Waals surface area contributed by atoms with Crippen molar-refractivity contribution < 1.29 is 14.3 Å². The van der Waals surface area contributed by atoms with Crippen LogP contribution >= 0.6 is 15.9 Å². The summed E-state index contributed by atoms with van der Waals surface area (Å²) in [6.45, 7) is 2.57. The van der Waals surface area contributed by atoms with Crippen LogP contribution in [0.15, 0.2) is 46.9 Å². The number of nitrogens with zero attached hydrogens (tertiary/aromatic N) is 1. The Balaban J connectivity index is 1.69. The number of ketones is 1. The monoisotopic (exact) mass is 359 g/mol. The number of ether oxygens (including phenoxy) is 1. The summed E-state index contributed by atoms with van der Waals surface area (Å²) in [6, 6.07) is 12.9. The molecule has 0 saturated carbocycles. The fourth-order valence-electron chi connectivity index (χ4n) is 2.42. The highest BCUT2D eigenvalue weighted by Crippen LogP contribution is 2.29. The minimum absolute atomic E-state index is 0.327. The molecule has 0 N–H and O–H groups in total. The van der Waals surface area contributed by atoms with Crippen LogP contribution in [0.4, 0.5) is 5.69 Å². The number of benzene rings is 2. The van der Waals surface area contributed by atoms with Crippen LogP contribution in [0.25, 0.3) is 0 Å². The van der Waals surface area contributed by atoms with Crippen molar-refractivity contribution >= 4 is 33.3 Å². The molecule has 5 heteroatoms. The maximum atomic E-state index is 12.1. The van der Waals surface area contributed by atoms with Crippen LogP contribution in [0, 0.1) is 6.92 Å². The molecule has 0 aromatic heterocycles. The van der Waals surface area contributed by atoms with Gasteiger partial charge in [0, 0.05) is 4.47 Å². The molecule has 2 aromatic carbocycles. The Labute approximate surface area is 136 Å². The Morgan fingerprint density at radius 1 is 1.09 bits per heavy atom. The summed E-state index contributed by atoms with van der Waals surface area (Å²) in [6.07, 6.45) is 0. The average Bonchev–Trinajstić information content (AvgIpc) is 2.74. The van der Waals surface area contributed by atoms with Gasteiger partial charge in [0.15, 0.2) is 0 Å². The maximum Gasteiger partial charge on any atom is 0.299 e. The lowest BCUT2D eigenvalue weighted by atomic mass is 10.1. The van der Waals surface area contributed by atoms with E-state index < -0.39 is 11.7 Å². The van der Waals surface area contributed by atoms with E-state index in [-0.39, 0.29) is 0 Å². The minimum Gasteiger partial charge on any atom is -0.492 e. The number of hydrogen-bond acceptors (Lipinski definition) is 3. The van der Waals surface area contributed by atoms with E-state index in [1.165, 1.54) is 4.90 Å². The SMILES string of the molecule is Cc1ccc2c(c1)C(=O)C(=O)N2CCOc1ccc(Br)cc1. The van der Waals surface area contributed by atoms with Crippen molar-refractivity contribution in [3.8, 4) is 5.75 Å². The Morgan fingerprint density at radius 2 is 1.82 bits per heavy atom.